The third-order valence-electron chi connectivity index (χ3n) is 0.615. The van der Waals surface area contributed by atoms with Crippen molar-refractivity contribution in [1.82, 2.24) is 0 Å². The van der Waals surface area contributed by atoms with E-state index in [9.17, 15) is 0 Å². The molecule has 46 valence electrons. The molecule has 0 spiro atoms. The summed E-state index contributed by atoms with van der Waals surface area (Å²) in [5.41, 5.74) is 0. The first kappa shape index (κ1) is 8.03. The van der Waals surface area contributed by atoms with Crippen LogP contribution < -0.4 is 0 Å². The number of aliphatic hydroxyl groups excluding tert-OH is 1. The molecule has 1 N–H and O–H groups in total. The van der Waals surface area contributed by atoms with E-state index in [4.69, 9.17) is 33.6 Å². The molecule has 0 bridgehead atoms. The van der Waals surface area contributed by atoms with E-state index in [1.165, 1.54) is 0 Å². The van der Waals surface area contributed by atoms with E-state index in [0.717, 1.165) is 0 Å². The smallest absolute Gasteiger partial charge is 0.139 e. The Hall–Kier alpha value is 0.0300. The van der Waals surface area contributed by atoms with Crippen LogP contribution >= 0.6 is 23.2 Å². The molecule has 0 aromatic rings. The summed E-state index contributed by atoms with van der Waals surface area (Å²) in [6.07, 6.45) is 0. The van der Waals surface area contributed by atoms with Crippen LogP contribution in [0.4, 0.5) is 0 Å². The number of rotatable bonds is 2. The highest BCUT2D eigenvalue weighted by molar-refractivity contribution is 6.31. The lowest BCUT2D eigenvalue weighted by atomic mass is 10.3. The van der Waals surface area contributed by atoms with Crippen LogP contribution in [0.1, 0.15) is 0 Å². The first-order valence-electron chi connectivity index (χ1n) is 2.01. The largest absolute Gasteiger partial charge is 0.395 e. The first-order chi connectivity index (χ1) is 3.72. The van der Waals surface area contributed by atoms with E-state index >= 15 is 0 Å². The van der Waals surface area contributed by atoms with Gasteiger partial charge in [-0.2, -0.15) is 5.26 Å². The Morgan fingerprint density at radius 1 is 1.62 bits per heavy atom. The summed E-state index contributed by atoms with van der Waals surface area (Å²) < 4.78 is 0. The number of hydrogen-bond acceptors (Lipinski definition) is 2. The zero-order valence-corrected chi connectivity index (χ0v) is 5.52. The van der Waals surface area contributed by atoms with Crippen LogP contribution in [0.25, 0.3) is 0 Å². The topological polar surface area (TPSA) is 44.0 Å². The minimum Gasteiger partial charge on any atom is -0.395 e. The first-order valence-corrected chi connectivity index (χ1v) is 2.88. The van der Waals surface area contributed by atoms with Gasteiger partial charge in [0.2, 0.25) is 0 Å². The van der Waals surface area contributed by atoms with Gasteiger partial charge < -0.3 is 5.11 Å². The maximum atomic E-state index is 8.27. The lowest BCUT2D eigenvalue weighted by Gasteiger charge is -2.02. The fraction of sp³-hybridized carbons (Fsp3) is 0.750. The number of hydrogen-bond donors (Lipinski definition) is 1. The summed E-state index contributed by atoms with van der Waals surface area (Å²) in [7, 11) is 0. The van der Waals surface area contributed by atoms with Gasteiger partial charge >= 0.3 is 0 Å². The summed E-state index contributed by atoms with van der Waals surface area (Å²) in [5, 5.41) is 14.9. The fourth-order valence-corrected chi connectivity index (χ4v) is 0.309. The molecule has 2 atom stereocenters. The highest BCUT2D eigenvalue weighted by atomic mass is 35.5. The lowest BCUT2D eigenvalue weighted by Crippen LogP contribution is -2.16. The summed E-state index contributed by atoms with van der Waals surface area (Å²) in [4.78, 5) is 0. The van der Waals surface area contributed by atoms with E-state index < -0.39 is 10.8 Å². The van der Waals surface area contributed by atoms with Crippen LogP contribution in [-0.2, 0) is 0 Å². The van der Waals surface area contributed by atoms with Gasteiger partial charge in [-0.25, -0.2) is 0 Å². The van der Waals surface area contributed by atoms with Crippen molar-refractivity contribution in [2.24, 2.45) is 0 Å². The Morgan fingerprint density at radius 2 is 2.12 bits per heavy atom. The molecule has 0 aliphatic rings. The van der Waals surface area contributed by atoms with Gasteiger partial charge in [0.25, 0.3) is 0 Å². The van der Waals surface area contributed by atoms with Gasteiger partial charge in [0, 0.05) is 0 Å². The predicted octanol–water partition coefficient (Wildman–Crippen LogP) is 0.717. The van der Waals surface area contributed by atoms with E-state index in [2.05, 4.69) is 0 Å². The summed E-state index contributed by atoms with van der Waals surface area (Å²) in [5.74, 6) is 0. The van der Waals surface area contributed by atoms with Gasteiger partial charge in [-0.1, -0.05) is 0 Å². The molecule has 0 radical (unpaired) electrons. The molecular formula is C4H5Cl2NO. The van der Waals surface area contributed by atoms with Gasteiger partial charge in [0.1, 0.15) is 5.38 Å². The molecule has 8 heavy (non-hydrogen) atoms. The minimum atomic E-state index is -0.790. The fourth-order valence-electron chi connectivity index (χ4n) is 0.173. The van der Waals surface area contributed by atoms with Gasteiger partial charge in [0.05, 0.1) is 18.1 Å². The number of aliphatic hydroxyl groups is 1. The molecule has 0 aromatic heterocycles. The van der Waals surface area contributed by atoms with Crippen LogP contribution in [0.3, 0.4) is 0 Å². The van der Waals surface area contributed by atoms with Gasteiger partial charge in [-0.15, -0.1) is 23.2 Å². The highest BCUT2D eigenvalue weighted by Crippen LogP contribution is 2.06. The number of alkyl halides is 2. The van der Waals surface area contributed by atoms with Gasteiger partial charge in [-0.05, 0) is 0 Å². The third-order valence-corrected chi connectivity index (χ3v) is 1.54. The molecule has 0 rings (SSSR count). The average molecular weight is 154 g/mol. The van der Waals surface area contributed by atoms with Crippen molar-refractivity contribution in [1.29, 1.82) is 5.26 Å². The van der Waals surface area contributed by atoms with Crippen molar-refractivity contribution in [2.75, 3.05) is 6.61 Å². The Balaban J connectivity index is 3.49. The van der Waals surface area contributed by atoms with Crippen LogP contribution in [-0.4, -0.2) is 22.5 Å². The highest BCUT2D eigenvalue weighted by Gasteiger charge is 2.13. The second kappa shape index (κ2) is 3.96. The number of halogens is 2. The Labute approximate surface area is 57.6 Å². The summed E-state index contributed by atoms with van der Waals surface area (Å²) >= 11 is 10.6. The lowest BCUT2D eigenvalue weighted by molar-refractivity contribution is 0.294. The van der Waals surface area contributed by atoms with Crippen LogP contribution in [0.15, 0.2) is 0 Å². The molecule has 0 heterocycles. The predicted molar refractivity (Wildman–Crippen MR) is 32.0 cm³/mol. The molecule has 2 nitrogen and oxygen atoms in total. The number of nitrogens with zero attached hydrogens (tertiary/aromatic N) is 1. The molecule has 0 saturated carbocycles. The molecule has 0 aromatic carbocycles. The molecule has 4 heteroatoms. The summed E-state index contributed by atoms with van der Waals surface area (Å²) in [6, 6.07) is 1.69. The maximum absolute atomic E-state index is 8.27. The molecule has 0 aliphatic carbocycles. The van der Waals surface area contributed by atoms with Crippen LogP contribution in [0.2, 0.25) is 0 Å². The average Bonchev–Trinajstić information content (AvgIpc) is 1.84. The third kappa shape index (κ3) is 2.37. The molecule has 0 amide bonds. The van der Waals surface area contributed by atoms with E-state index in [-0.39, 0.29) is 6.61 Å². The molecular weight excluding hydrogens is 149 g/mol. The van der Waals surface area contributed by atoms with Gasteiger partial charge in [-0.3, -0.25) is 0 Å². The molecule has 0 aliphatic heterocycles. The van der Waals surface area contributed by atoms with Crippen molar-refractivity contribution < 1.29 is 5.11 Å². The van der Waals surface area contributed by atoms with E-state index in [0.29, 0.717) is 0 Å². The van der Waals surface area contributed by atoms with E-state index in [1.54, 1.807) is 6.07 Å². The van der Waals surface area contributed by atoms with Crippen molar-refractivity contribution in [2.45, 2.75) is 10.8 Å². The minimum absolute atomic E-state index is 0.261. The van der Waals surface area contributed by atoms with Crippen molar-refractivity contribution in [3.63, 3.8) is 0 Å². The quantitative estimate of drug-likeness (QED) is 0.595. The molecule has 0 saturated heterocycles. The Bertz CT molecular complexity index is 101. The number of nitriles is 1. The van der Waals surface area contributed by atoms with Crippen LogP contribution in [0, 0.1) is 11.3 Å². The van der Waals surface area contributed by atoms with Crippen molar-refractivity contribution in [3.8, 4) is 6.07 Å². The Kier molecular flexibility index (Phi) is 3.98. The maximum Gasteiger partial charge on any atom is 0.139 e. The SMILES string of the molecule is N#C[C@H](Cl)[C@H](Cl)CO. The van der Waals surface area contributed by atoms with Crippen molar-refractivity contribution in [3.05, 3.63) is 0 Å². The zero-order chi connectivity index (χ0) is 6.57. The standard InChI is InChI=1S/C4H5Cl2NO/c5-3(1-7)4(6)2-8/h3-4,8H,2H2/t3-,4+/m0/s1. The summed E-state index contributed by atoms with van der Waals surface area (Å²) in [6.45, 7) is -0.261. The van der Waals surface area contributed by atoms with Crippen LogP contribution in [0.5, 0.6) is 0 Å². The molecule has 0 unspecified atom stereocenters. The second-order valence-corrected chi connectivity index (χ2v) is 2.26. The second-order valence-electron chi connectivity index (χ2n) is 1.23. The van der Waals surface area contributed by atoms with E-state index in [1.807, 2.05) is 0 Å². The monoisotopic (exact) mass is 153 g/mol. The van der Waals surface area contributed by atoms with Gasteiger partial charge in [0.15, 0.2) is 0 Å². The molecule has 0 fully saturated rings. The zero-order valence-electron chi connectivity index (χ0n) is 4.01. The normalized spacial score (nSPS) is 16.8. The van der Waals surface area contributed by atoms with Crippen molar-refractivity contribution >= 4 is 23.2 Å². The Morgan fingerprint density at radius 3 is 2.25 bits per heavy atom.